The van der Waals surface area contributed by atoms with Gasteiger partial charge in [-0.25, -0.2) is 0 Å². The molecular weight excluding hydrogens is 238 g/mol. The van der Waals surface area contributed by atoms with Crippen LogP contribution in [-0.4, -0.2) is 29.2 Å². The van der Waals surface area contributed by atoms with E-state index in [4.69, 9.17) is 4.74 Å². The summed E-state index contributed by atoms with van der Waals surface area (Å²) in [4.78, 5) is 4.66. The van der Waals surface area contributed by atoms with Gasteiger partial charge in [0, 0.05) is 6.04 Å². The second-order valence-corrected chi connectivity index (χ2v) is 5.17. The molecule has 4 nitrogen and oxygen atoms in total. The third kappa shape index (κ3) is 2.32. The zero-order valence-electron chi connectivity index (χ0n) is 11.6. The molecule has 1 aromatic heterocycles. The van der Waals surface area contributed by atoms with Crippen molar-refractivity contribution in [2.45, 2.75) is 32.7 Å². The Kier molecular flexibility index (Phi) is 3.42. The van der Waals surface area contributed by atoms with Crippen LogP contribution < -0.4 is 10.1 Å². The highest BCUT2D eigenvalue weighted by Crippen LogP contribution is 2.31. The van der Waals surface area contributed by atoms with Crippen molar-refractivity contribution in [1.29, 1.82) is 0 Å². The number of fused-ring (bicyclic) bond motifs is 1. The number of nitrogens with zero attached hydrogens (tertiary/aromatic N) is 2. The molecule has 1 aromatic carbocycles. The molecule has 0 spiro atoms. The van der Waals surface area contributed by atoms with Gasteiger partial charge in [0.1, 0.15) is 0 Å². The van der Waals surface area contributed by atoms with Crippen LogP contribution in [0.5, 0.6) is 6.01 Å². The van der Waals surface area contributed by atoms with E-state index in [9.17, 15) is 0 Å². The average Bonchev–Trinajstić information content (AvgIpc) is 2.77. The first-order chi connectivity index (χ1) is 9.29. The van der Waals surface area contributed by atoms with Crippen molar-refractivity contribution in [3.63, 3.8) is 0 Å². The van der Waals surface area contributed by atoms with Crippen molar-refractivity contribution in [1.82, 2.24) is 14.9 Å². The highest BCUT2D eigenvalue weighted by Gasteiger charge is 2.21. The number of piperidine rings is 1. The van der Waals surface area contributed by atoms with E-state index in [0.29, 0.717) is 12.6 Å². The average molecular weight is 259 g/mol. The molecule has 1 N–H and O–H groups in total. The predicted molar refractivity (Wildman–Crippen MR) is 76.8 cm³/mol. The van der Waals surface area contributed by atoms with Crippen molar-refractivity contribution in [3.8, 4) is 6.01 Å². The quantitative estimate of drug-likeness (QED) is 0.921. The molecule has 0 unspecified atom stereocenters. The van der Waals surface area contributed by atoms with Gasteiger partial charge in [0.05, 0.1) is 17.6 Å². The SMILES string of the molecule is CCOc1nc2cc(C)ccc2n1C1CCNCC1. The molecule has 4 heteroatoms. The Labute approximate surface area is 113 Å². The summed E-state index contributed by atoms with van der Waals surface area (Å²) in [5, 5.41) is 3.41. The molecule has 2 heterocycles. The lowest BCUT2D eigenvalue weighted by atomic mass is 10.1. The Bertz CT molecular complexity index is 570. The molecule has 0 atom stereocenters. The maximum absolute atomic E-state index is 5.75. The zero-order valence-corrected chi connectivity index (χ0v) is 11.6. The van der Waals surface area contributed by atoms with Crippen molar-refractivity contribution in [3.05, 3.63) is 23.8 Å². The summed E-state index contributed by atoms with van der Waals surface area (Å²) in [5.74, 6) is 0. The fourth-order valence-electron chi connectivity index (χ4n) is 2.84. The first kappa shape index (κ1) is 12.5. The van der Waals surface area contributed by atoms with Crippen LogP contribution in [0, 0.1) is 6.92 Å². The van der Waals surface area contributed by atoms with Gasteiger partial charge in [-0.05, 0) is 57.5 Å². The lowest BCUT2D eigenvalue weighted by Crippen LogP contribution is -2.29. The minimum Gasteiger partial charge on any atom is -0.465 e. The molecule has 3 rings (SSSR count). The summed E-state index contributed by atoms with van der Waals surface area (Å²) in [6, 6.07) is 7.72. The minimum absolute atomic E-state index is 0.496. The fourth-order valence-corrected chi connectivity index (χ4v) is 2.84. The number of imidazole rings is 1. The van der Waals surface area contributed by atoms with Crippen LogP contribution in [0.25, 0.3) is 11.0 Å². The van der Waals surface area contributed by atoms with Crippen LogP contribution in [0.15, 0.2) is 18.2 Å². The molecule has 0 aliphatic carbocycles. The summed E-state index contributed by atoms with van der Waals surface area (Å²) >= 11 is 0. The summed E-state index contributed by atoms with van der Waals surface area (Å²) in [6.45, 7) is 6.91. The zero-order chi connectivity index (χ0) is 13.2. The topological polar surface area (TPSA) is 39.1 Å². The van der Waals surface area contributed by atoms with Crippen LogP contribution in [0.4, 0.5) is 0 Å². The van der Waals surface area contributed by atoms with E-state index in [2.05, 4.69) is 40.0 Å². The van der Waals surface area contributed by atoms with Gasteiger partial charge in [0.2, 0.25) is 0 Å². The smallest absolute Gasteiger partial charge is 0.297 e. The van der Waals surface area contributed by atoms with Crippen LogP contribution in [0.2, 0.25) is 0 Å². The van der Waals surface area contributed by atoms with E-state index in [1.165, 1.54) is 11.1 Å². The first-order valence-electron chi connectivity index (χ1n) is 7.11. The predicted octanol–water partition coefficient (Wildman–Crippen LogP) is 2.67. The van der Waals surface area contributed by atoms with Crippen LogP contribution in [0.1, 0.15) is 31.4 Å². The Morgan fingerprint density at radius 1 is 1.37 bits per heavy atom. The third-order valence-corrected chi connectivity index (χ3v) is 3.76. The largest absolute Gasteiger partial charge is 0.465 e. The molecule has 0 amide bonds. The number of ether oxygens (including phenoxy) is 1. The molecule has 102 valence electrons. The van der Waals surface area contributed by atoms with Gasteiger partial charge < -0.3 is 10.1 Å². The van der Waals surface area contributed by atoms with Gasteiger partial charge in [-0.15, -0.1) is 0 Å². The summed E-state index contributed by atoms with van der Waals surface area (Å²) < 4.78 is 8.04. The van der Waals surface area contributed by atoms with Crippen molar-refractivity contribution >= 4 is 11.0 Å². The molecule has 1 aliphatic heterocycles. The molecular formula is C15H21N3O. The number of hydrogen-bond donors (Lipinski definition) is 1. The van der Waals surface area contributed by atoms with E-state index in [-0.39, 0.29) is 0 Å². The molecule has 1 fully saturated rings. The van der Waals surface area contributed by atoms with E-state index in [1.807, 2.05) is 6.92 Å². The van der Waals surface area contributed by atoms with E-state index in [0.717, 1.165) is 37.5 Å². The minimum atomic E-state index is 0.496. The second-order valence-electron chi connectivity index (χ2n) is 5.17. The second kappa shape index (κ2) is 5.21. The van der Waals surface area contributed by atoms with Crippen LogP contribution >= 0.6 is 0 Å². The Balaban J connectivity index is 2.09. The fraction of sp³-hybridized carbons (Fsp3) is 0.533. The normalized spacial score (nSPS) is 16.9. The lowest BCUT2D eigenvalue weighted by molar-refractivity contribution is 0.270. The number of hydrogen-bond acceptors (Lipinski definition) is 3. The van der Waals surface area contributed by atoms with Crippen molar-refractivity contribution in [2.24, 2.45) is 0 Å². The van der Waals surface area contributed by atoms with Crippen LogP contribution in [0.3, 0.4) is 0 Å². The Morgan fingerprint density at radius 2 is 2.16 bits per heavy atom. The lowest BCUT2D eigenvalue weighted by Gasteiger charge is -2.25. The Morgan fingerprint density at radius 3 is 2.89 bits per heavy atom. The maximum Gasteiger partial charge on any atom is 0.297 e. The molecule has 0 radical (unpaired) electrons. The van der Waals surface area contributed by atoms with E-state index < -0.39 is 0 Å². The third-order valence-electron chi connectivity index (χ3n) is 3.76. The van der Waals surface area contributed by atoms with Crippen LogP contribution in [-0.2, 0) is 0 Å². The molecule has 19 heavy (non-hydrogen) atoms. The standard InChI is InChI=1S/C15H21N3O/c1-3-19-15-17-13-10-11(2)4-5-14(13)18(15)12-6-8-16-9-7-12/h4-5,10,12,16H,3,6-9H2,1-2H3. The number of benzene rings is 1. The maximum atomic E-state index is 5.75. The summed E-state index contributed by atoms with van der Waals surface area (Å²) in [6.07, 6.45) is 2.28. The summed E-state index contributed by atoms with van der Waals surface area (Å²) in [5.41, 5.74) is 3.48. The van der Waals surface area contributed by atoms with E-state index >= 15 is 0 Å². The number of aryl methyl sites for hydroxylation is 1. The molecule has 1 saturated heterocycles. The first-order valence-corrected chi connectivity index (χ1v) is 7.11. The summed E-state index contributed by atoms with van der Waals surface area (Å²) in [7, 11) is 0. The molecule has 0 bridgehead atoms. The van der Waals surface area contributed by atoms with Gasteiger partial charge in [-0.3, -0.25) is 4.57 Å². The van der Waals surface area contributed by atoms with Gasteiger partial charge in [-0.1, -0.05) is 6.07 Å². The Hall–Kier alpha value is -1.55. The number of aromatic nitrogens is 2. The van der Waals surface area contributed by atoms with Crippen molar-refractivity contribution in [2.75, 3.05) is 19.7 Å². The van der Waals surface area contributed by atoms with E-state index in [1.54, 1.807) is 0 Å². The molecule has 2 aromatic rings. The van der Waals surface area contributed by atoms with Crippen molar-refractivity contribution < 1.29 is 4.74 Å². The highest BCUT2D eigenvalue weighted by atomic mass is 16.5. The molecule has 0 saturated carbocycles. The highest BCUT2D eigenvalue weighted by molar-refractivity contribution is 5.77. The number of rotatable bonds is 3. The number of nitrogens with one attached hydrogen (secondary N) is 1. The van der Waals surface area contributed by atoms with Gasteiger partial charge in [-0.2, -0.15) is 4.98 Å². The van der Waals surface area contributed by atoms with Gasteiger partial charge in [0.25, 0.3) is 6.01 Å². The van der Waals surface area contributed by atoms with Gasteiger partial charge >= 0.3 is 0 Å². The van der Waals surface area contributed by atoms with Gasteiger partial charge in [0.15, 0.2) is 0 Å². The molecule has 1 aliphatic rings. The monoisotopic (exact) mass is 259 g/mol.